The molecule has 4 nitrogen and oxygen atoms in total. The summed E-state index contributed by atoms with van der Waals surface area (Å²) in [6.45, 7) is 0.711. The number of hydrogen-bond donors (Lipinski definition) is 1. The molecule has 2 rings (SSSR count). The van der Waals surface area contributed by atoms with Crippen LogP contribution in [0.4, 0.5) is 8.78 Å². The van der Waals surface area contributed by atoms with Crippen molar-refractivity contribution in [3.05, 3.63) is 24.2 Å². The molecule has 16 heavy (non-hydrogen) atoms. The van der Waals surface area contributed by atoms with Gasteiger partial charge in [0.2, 0.25) is 0 Å². The van der Waals surface area contributed by atoms with Gasteiger partial charge in [0.05, 0.1) is 18.9 Å². The van der Waals surface area contributed by atoms with Gasteiger partial charge in [0, 0.05) is 18.7 Å². The van der Waals surface area contributed by atoms with E-state index in [2.05, 4.69) is 10.1 Å². The fourth-order valence-corrected chi connectivity index (χ4v) is 1.53. The molecular formula is C10H11F2NO3. The lowest BCUT2D eigenvalue weighted by atomic mass is 10.2. The van der Waals surface area contributed by atoms with Crippen LogP contribution >= 0.6 is 0 Å². The van der Waals surface area contributed by atoms with E-state index >= 15 is 0 Å². The lowest BCUT2D eigenvalue weighted by Gasteiger charge is -2.08. The Kier molecular flexibility index (Phi) is 2.91. The highest BCUT2D eigenvalue weighted by Crippen LogP contribution is 2.30. The van der Waals surface area contributed by atoms with Crippen molar-refractivity contribution in [3.63, 3.8) is 0 Å². The standard InChI is InChI=1S/C10H11F2NO3/c11-10(12)3-8(16-9(10)14)5-13-4-7-1-2-15-6-7/h1-2,6,8,13H,3-5H2. The lowest BCUT2D eigenvalue weighted by Crippen LogP contribution is -2.26. The van der Waals surface area contributed by atoms with Crippen molar-refractivity contribution < 1.29 is 22.7 Å². The number of cyclic esters (lactones) is 1. The summed E-state index contributed by atoms with van der Waals surface area (Å²) < 4.78 is 34.9. The van der Waals surface area contributed by atoms with Gasteiger partial charge in [-0.2, -0.15) is 8.78 Å². The molecule has 1 aliphatic heterocycles. The van der Waals surface area contributed by atoms with Gasteiger partial charge in [-0.25, -0.2) is 4.79 Å². The van der Waals surface area contributed by atoms with E-state index in [-0.39, 0.29) is 6.54 Å². The summed E-state index contributed by atoms with van der Waals surface area (Å²) in [5.74, 6) is -4.76. The van der Waals surface area contributed by atoms with Gasteiger partial charge in [-0.3, -0.25) is 0 Å². The Labute approximate surface area is 90.6 Å². The van der Waals surface area contributed by atoms with Gasteiger partial charge < -0.3 is 14.5 Å². The molecular weight excluding hydrogens is 220 g/mol. The Bertz CT molecular complexity index is 364. The molecule has 0 aliphatic carbocycles. The third-order valence-electron chi connectivity index (χ3n) is 2.34. The van der Waals surface area contributed by atoms with Crippen molar-refractivity contribution in [2.75, 3.05) is 6.54 Å². The molecule has 1 aromatic heterocycles. The molecule has 1 unspecified atom stereocenters. The van der Waals surface area contributed by atoms with Crippen LogP contribution in [0.2, 0.25) is 0 Å². The summed E-state index contributed by atoms with van der Waals surface area (Å²) in [6.07, 6.45) is 1.78. The number of nitrogens with one attached hydrogen (secondary N) is 1. The predicted molar refractivity (Wildman–Crippen MR) is 49.9 cm³/mol. The number of carbonyl (C=O) groups excluding carboxylic acids is 1. The molecule has 6 heteroatoms. The molecule has 0 spiro atoms. The fourth-order valence-electron chi connectivity index (χ4n) is 1.53. The second-order valence-corrected chi connectivity index (χ2v) is 3.70. The second kappa shape index (κ2) is 4.21. The number of rotatable bonds is 4. The second-order valence-electron chi connectivity index (χ2n) is 3.70. The zero-order valence-electron chi connectivity index (χ0n) is 8.41. The molecule has 0 aromatic carbocycles. The largest absolute Gasteiger partial charge is 0.472 e. The number of hydrogen-bond acceptors (Lipinski definition) is 4. The smallest absolute Gasteiger partial charge is 0.377 e. The number of carbonyl (C=O) groups is 1. The van der Waals surface area contributed by atoms with Gasteiger partial charge in [-0.05, 0) is 6.07 Å². The molecule has 1 aliphatic rings. The summed E-state index contributed by atoms with van der Waals surface area (Å²) in [5.41, 5.74) is 0.913. The maximum absolute atomic E-state index is 12.8. The topological polar surface area (TPSA) is 51.5 Å². The van der Waals surface area contributed by atoms with E-state index in [0.29, 0.717) is 6.54 Å². The molecule has 0 saturated carbocycles. The summed E-state index contributed by atoms with van der Waals surface area (Å²) in [7, 11) is 0. The Hall–Kier alpha value is -1.43. The van der Waals surface area contributed by atoms with Gasteiger partial charge in [-0.15, -0.1) is 0 Å². The Morgan fingerprint density at radius 1 is 1.56 bits per heavy atom. The molecule has 0 bridgehead atoms. The molecule has 0 amide bonds. The highest BCUT2D eigenvalue weighted by molar-refractivity contribution is 5.79. The van der Waals surface area contributed by atoms with Gasteiger partial charge in [0.15, 0.2) is 0 Å². The highest BCUT2D eigenvalue weighted by atomic mass is 19.3. The number of furan rings is 1. The minimum atomic E-state index is -3.33. The first kappa shape index (κ1) is 11.1. The van der Waals surface area contributed by atoms with E-state index < -0.39 is 24.4 Å². The number of ether oxygens (including phenoxy) is 1. The summed E-state index contributed by atoms with van der Waals surface area (Å²) >= 11 is 0. The van der Waals surface area contributed by atoms with Gasteiger partial charge in [0.1, 0.15) is 6.10 Å². The summed E-state index contributed by atoms with van der Waals surface area (Å²) in [4.78, 5) is 10.7. The maximum atomic E-state index is 12.8. The first-order valence-electron chi connectivity index (χ1n) is 4.88. The van der Waals surface area contributed by atoms with Crippen LogP contribution in [-0.4, -0.2) is 24.5 Å². The van der Waals surface area contributed by atoms with Crippen LogP contribution < -0.4 is 5.32 Å². The first-order valence-corrected chi connectivity index (χ1v) is 4.88. The molecule has 1 fully saturated rings. The van der Waals surface area contributed by atoms with Crippen LogP contribution in [0.15, 0.2) is 23.0 Å². The first-order chi connectivity index (χ1) is 7.58. The van der Waals surface area contributed by atoms with Crippen LogP contribution in [0.1, 0.15) is 12.0 Å². The molecule has 2 heterocycles. The summed E-state index contributed by atoms with van der Waals surface area (Å²) in [6, 6.07) is 1.77. The van der Waals surface area contributed by atoms with E-state index in [1.807, 2.05) is 0 Å². The van der Waals surface area contributed by atoms with Crippen molar-refractivity contribution >= 4 is 5.97 Å². The van der Waals surface area contributed by atoms with Gasteiger partial charge in [-0.1, -0.05) is 0 Å². The van der Waals surface area contributed by atoms with Gasteiger partial charge in [0.25, 0.3) is 0 Å². The average Bonchev–Trinajstić information content (AvgIpc) is 2.76. The number of esters is 1. The molecule has 1 N–H and O–H groups in total. The van der Waals surface area contributed by atoms with E-state index in [1.165, 1.54) is 6.26 Å². The molecule has 1 saturated heterocycles. The molecule has 0 radical (unpaired) electrons. The van der Waals surface area contributed by atoms with E-state index in [1.54, 1.807) is 12.3 Å². The Morgan fingerprint density at radius 3 is 2.94 bits per heavy atom. The zero-order chi connectivity index (χ0) is 11.6. The maximum Gasteiger partial charge on any atom is 0.377 e. The summed E-state index contributed by atoms with van der Waals surface area (Å²) in [5, 5.41) is 2.92. The average molecular weight is 231 g/mol. The van der Waals surface area contributed by atoms with Crippen LogP contribution in [0.5, 0.6) is 0 Å². The SMILES string of the molecule is O=C1OC(CNCc2ccoc2)CC1(F)F. The quantitative estimate of drug-likeness (QED) is 0.794. The van der Waals surface area contributed by atoms with Crippen molar-refractivity contribution in [2.24, 2.45) is 0 Å². The van der Waals surface area contributed by atoms with Crippen molar-refractivity contribution in [1.82, 2.24) is 5.32 Å². The van der Waals surface area contributed by atoms with Crippen molar-refractivity contribution in [2.45, 2.75) is 25.0 Å². The van der Waals surface area contributed by atoms with E-state index in [0.717, 1.165) is 5.56 Å². The van der Waals surface area contributed by atoms with E-state index in [4.69, 9.17) is 4.42 Å². The molecule has 1 atom stereocenters. The molecule has 1 aromatic rings. The monoisotopic (exact) mass is 231 g/mol. The van der Waals surface area contributed by atoms with Crippen LogP contribution in [0.25, 0.3) is 0 Å². The Morgan fingerprint density at radius 2 is 2.38 bits per heavy atom. The van der Waals surface area contributed by atoms with Crippen LogP contribution in [0.3, 0.4) is 0 Å². The van der Waals surface area contributed by atoms with Gasteiger partial charge >= 0.3 is 11.9 Å². The van der Waals surface area contributed by atoms with E-state index in [9.17, 15) is 13.6 Å². The third kappa shape index (κ3) is 2.38. The van der Waals surface area contributed by atoms with Crippen molar-refractivity contribution in [3.8, 4) is 0 Å². The number of halogens is 2. The highest BCUT2D eigenvalue weighted by Gasteiger charge is 2.50. The zero-order valence-corrected chi connectivity index (χ0v) is 8.41. The van der Waals surface area contributed by atoms with Crippen LogP contribution in [-0.2, 0) is 16.1 Å². The van der Waals surface area contributed by atoms with Crippen LogP contribution in [0, 0.1) is 0 Å². The minimum absolute atomic E-state index is 0.215. The Balaban J connectivity index is 1.74. The minimum Gasteiger partial charge on any atom is -0.472 e. The van der Waals surface area contributed by atoms with Crippen molar-refractivity contribution in [1.29, 1.82) is 0 Å². The number of alkyl halides is 2. The molecule has 88 valence electrons. The lowest BCUT2D eigenvalue weighted by molar-refractivity contribution is -0.159. The predicted octanol–water partition coefficient (Wildman–Crippen LogP) is 1.32. The fraction of sp³-hybridized carbons (Fsp3) is 0.500. The third-order valence-corrected chi connectivity index (χ3v) is 2.34. The normalized spacial score (nSPS) is 23.4.